The molecule has 2 aliphatic heterocycles. The number of nitrogens with zero attached hydrogens (tertiary/aromatic N) is 3. The van der Waals surface area contributed by atoms with E-state index >= 15 is 0 Å². The van der Waals surface area contributed by atoms with Gasteiger partial charge < -0.3 is 15.0 Å². The van der Waals surface area contributed by atoms with Gasteiger partial charge in [-0.25, -0.2) is 13.2 Å². The van der Waals surface area contributed by atoms with E-state index in [-0.39, 0.29) is 30.2 Å². The number of carbonyl (C=O) groups is 1. The second kappa shape index (κ2) is 6.85. The lowest BCUT2D eigenvalue weighted by molar-refractivity contribution is 0.0697. The fourth-order valence-electron chi connectivity index (χ4n) is 2.78. The van der Waals surface area contributed by atoms with Gasteiger partial charge in [-0.1, -0.05) is 0 Å². The summed E-state index contributed by atoms with van der Waals surface area (Å²) in [5, 5.41) is 9.18. The predicted octanol–water partition coefficient (Wildman–Crippen LogP) is -0.395. The molecule has 0 radical (unpaired) electrons. The van der Waals surface area contributed by atoms with Gasteiger partial charge in [0.1, 0.15) is 0 Å². The van der Waals surface area contributed by atoms with Gasteiger partial charge in [0.2, 0.25) is 0 Å². The van der Waals surface area contributed by atoms with Crippen molar-refractivity contribution in [3.05, 3.63) is 12.3 Å². The Balaban J connectivity index is 1.53. The van der Waals surface area contributed by atoms with Gasteiger partial charge in [0.05, 0.1) is 18.8 Å². The molecule has 1 atom stereocenters. The minimum Gasteiger partial charge on any atom is -0.379 e. The first-order chi connectivity index (χ1) is 11.1. The molecule has 2 N–H and O–H groups in total. The zero-order chi connectivity index (χ0) is 16.3. The summed E-state index contributed by atoms with van der Waals surface area (Å²) >= 11 is 0. The monoisotopic (exact) mass is 343 g/mol. The van der Waals surface area contributed by atoms with E-state index in [0.717, 1.165) is 19.4 Å². The van der Waals surface area contributed by atoms with Crippen LogP contribution in [0.2, 0.25) is 0 Å². The maximum Gasteiger partial charge on any atom is 0.317 e. The highest BCUT2D eigenvalue weighted by Gasteiger charge is 2.31. The van der Waals surface area contributed by atoms with Crippen molar-refractivity contribution in [3.63, 3.8) is 0 Å². The van der Waals surface area contributed by atoms with Crippen LogP contribution in [0.25, 0.3) is 0 Å². The molecule has 3 rings (SSSR count). The topological polar surface area (TPSA) is 108 Å². The lowest BCUT2D eigenvalue weighted by Gasteiger charge is -2.35. The van der Waals surface area contributed by atoms with E-state index in [0.29, 0.717) is 19.7 Å². The standard InChI is InChI=1S/C13H21N5O4S/c19-13(15-11-2-1-9-22-10-11)17-5-7-18(8-6-17)23(20,21)12-3-4-14-16-12/h3-4,11H,1-2,5-10H2,(H,14,16)(H,15,19). The smallest absolute Gasteiger partial charge is 0.317 e. The van der Waals surface area contributed by atoms with Crippen molar-refractivity contribution in [3.8, 4) is 0 Å². The molecule has 0 bridgehead atoms. The molecule has 0 spiro atoms. The van der Waals surface area contributed by atoms with Crippen molar-refractivity contribution >= 4 is 16.1 Å². The highest BCUT2D eigenvalue weighted by molar-refractivity contribution is 7.89. The molecule has 2 saturated heterocycles. The fourth-order valence-corrected chi connectivity index (χ4v) is 4.10. The lowest BCUT2D eigenvalue weighted by atomic mass is 10.1. The minimum absolute atomic E-state index is 0.0444. The van der Waals surface area contributed by atoms with E-state index in [4.69, 9.17) is 4.74 Å². The van der Waals surface area contributed by atoms with Crippen LogP contribution in [0.4, 0.5) is 4.79 Å². The third kappa shape index (κ3) is 3.65. The van der Waals surface area contributed by atoms with Crippen LogP contribution in [0.1, 0.15) is 12.8 Å². The number of sulfonamides is 1. The van der Waals surface area contributed by atoms with Crippen LogP contribution in [0.5, 0.6) is 0 Å². The summed E-state index contributed by atoms with van der Waals surface area (Å²) in [7, 11) is -3.56. The van der Waals surface area contributed by atoms with Crippen LogP contribution < -0.4 is 5.32 Å². The first kappa shape index (κ1) is 16.2. The second-order valence-corrected chi connectivity index (χ2v) is 7.58. The molecule has 1 aromatic heterocycles. The normalized spacial score (nSPS) is 23.7. The van der Waals surface area contributed by atoms with Crippen LogP contribution in [0.3, 0.4) is 0 Å². The van der Waals surface area contributed by atoms with Gasteiger partial charge >= 0.3 is 6.03 Å². The average Bonchev–Trinajstić information content (AvgIpc) is 3.11. The van der Waals surface area contributed by atoms with Gasteiger partial charge in [-0.15, -0.1) is 0 Å². The number of H-pyrrole nitrogens is 1. The second-order valence-electron chi connectivity index (χ2n) is 5.68. The van der Waals surface area contributed by atoms with Crippen molar-refractivity contribution in [2.75, 3.05) is 39.4 Å². The SMILES string of the molecule is O=C(NC1CCCOC1)N1CCN(S(=O)(=O)c2ccn[nH]2)CC1. The van der Waals surface area contributed by atoms with Gasteiger partial charge in [-0.2, -0.15) is 9.40 Å². The number of aromatic nitrogens is 2. The molecule has 0 saturated carbocycles. The Morgan fingerprint density at radius 2 is 2.13 bits per heavy atom. The molecule has 23 heavy (non-hydrogen) atoms. The van der Waals surface area contributed by atoms with E-state index in [1.165, 1.54) is 16.6 Å². The average molecular weight is 343 g/mol. The Morgan fingerprint density at radius 3 is 2.74 bits per heavy atom. The maximum absolute atomic E-state index is 12.4. The van der Waals surface area contributed by atoms with Crippen LogP contribution in [0.15, 0.2) is 17.3 Å². The van der Waals surface area contributed by atoms with Crippen molar-refractivity contribution in [1.82, 2.24) is 24.7 Å². The highest BCUT2D eigenvalue weighted by Crippen LogP contribution is 2.15. The third-order valence-corrected chi connectivity index (χ3v) is 5.93. The van der Waals surface area contributed by atoms with E-state index in [1.54, 1.807) is 4.90 Å². The third-order valence-electron chi connectivity index (χ3n) is 4.11. The molecule has 9 nitrogen and oxygen atoms in total. The molecule has 0 aromatic carbocycles. The van der Waals surface area contributed by atoms with E-state index < -0.39 is 10.0 Å². The predicted molar refractivity (Wildman–Crippen MR) is 81.3 cm³/mol. The summed E-state index contributed by atoms with van der Waals surface area (Å²) in [4.78, 5) is 13.9. The molecular formula is C13H21N5O4S. The van der Waals surface area contributed by atoms with Crippen LogP contribution in [0, 0.1) is 0 Å². The first-order valence-corrected chi connectivity index (χ1v) is 9.14. The molecule has 3 heterocycles. The Hall–Kier alpha value is -1.65. The number of hydrogen-bond acceptors (Lipinski definition) is 5. The van der Waals surface area contributed by atoms with Crippen molar-refractivity contribution in [2.45, 2.75) is 23.9 Å². The zero-order valence-corrected chi connectivity index (χ0v) is 13.6. The number of ether oxygens (including phenoxy) is 1. The first-order valence-electron chi connectivity index (χ1n) is 7.70. The molecule has 0 aliphatic carbocycles. The number of amides is 2. The van der Waals surface area contributed by atoms with Crippen LogP contribution >= 0.6 is 0 Å². The molecule has 2 fully saturated rings. The number of hydrogen-bond donors (Lipinski definition) is 2. The Kier molecular flexibility index (Phi) is 4.83. The zero-order valence-electron chi connectivity index (χ0n) is 12.8. The number of urea groups is 1. The quantitative estimate of drug-likeness (QED) is 0.777. The van der Waals surface area contributed by atoms with Gasteiger partial charge in [-0.3, -0.25) is 5.10 Å². The summed E-state index contributed by atoms with van der Waals surface area (Å²) < 4.78 is 31.4. The Labute approximate surface area is 135 Å². The molecule has 128 valence electrons. The Morgan fingerprint density at radius 1 is 1.35 bits per heavy atom. The molecule has 1 aromatic rings. The van der Waals surface area contributed by atoms with Crippen LogP contribution in [-0.4, -0.2) is 79.3 Å². The highest BCUT2D eigenvalue weighted by atomic mass is 32.2. The summed E-state index contributed by atoms with van der Waals surface area (Å²) in [5.41, 5.74) is 0. The molecule has 10 heteroatoms. The summed E-state index contributed by atoms with van der Waals surface area (Å²) in [6.07, 6.45) is 3.27. The molecule has 2 aliphatic rings. The summed E-state index contributed by atoms with van der Waals surface area (Å²) in [6, 6.07) is 1.32. The lowest BCUT2D eigenvalue weighted by Crippen LogP contribution is -2.55. The summed E-state index contributed by atoms with van der Waals surface area (Å²) in [6.45, 7) is 2.57. The number of aromatic amines is 1. The van der Waals surface area contributed by atoms with Gasteiger partial charge in [-0.05, 0) is 18.9 Å². The number of carbonyl (C=O) groups excluding carboxylic acids is 1. The van der Waals surface area contributed by atoms with E-state index in [2.05, 4.69) is 15.5 Å². The molecular weight excluding hydrogens is 322 g/mol. The summed E-state index contributed by atoms with van der Waals surface area (Å²) in [5.74, 6) is 0. The number of rotatable bonds is 3. The Bertz CT molecular complexity index is 619. The van der Waals surface area contributed by atoms with Crippen molar-refractivity contribution in [2.24, 2.45) is 0 Å². The van der Waals surface area contributed by atoms with Crippen molar-refractivity contribution < 1.29 is 17.9 Å². The number of piperazine rings is 1. The van der Waals surface area contributed by atoms with E-state index in [9.17, 15) is 13.2 Å². The van der Waals surface area contributed by atoms with Gasteiger partial charge in [0, 0.05) is 32.8 Å². The fraction of sp³-hybridized carbons (Fsp3) is 0.692. The number of nitrogens with one attached hydrogen (secondary N) is 2. The van der Waals surface area contributed by atoms with Crippen molar-refractivity contribution in [1.29, 1.82) is 0 Å². The van der Waals surface area contributed by atoms with E-state index in [1.807, 2.05) is 0 Å². The molecule has 2 amide bonds. The van der Waals surface area contributed by atoms with Gasteiger partial charge in [0.15, 0.2) is 5.03 Å². The largest absolute Gasteiger partial charge is 0.379 e. The van der Waals surface area contributed by atoms with Crippen LogP contribution in [-0.2, 0) is 14.8 Å². The van der Waals surface area contributed by atoms with Gasteiger partial charge in [0.25, 0.3) is 10.0 Å². The maximum atomic E-state index is 12.4. The minimum atomic E-state index is -3.56. The molecule has 1 unspecified atom stereocenters.